The van der Waals surface area contributed by atoms with E-state index in [-0.39, 0.29) is 44.2 Å². The Balaban J connectivity index is 0.00000144. The van der Waals surface area contributed by atoms with Gasteiger partial charge in [0.05, 0.1) is 6.42 Å². The summed E-state index contributed by atoms with van der Waals surface area (Å²) in [6, 6.07) is 5.21. The van der Waals surface area contributed by atoms with Gasteiger partial charge < -0.3 is 9.67 Å². The number of hydrogen-bond donors (Lipinski definition) is 1. The number of hydrogen-bond acceptors (Lipinski definition) is 2. The molecule has 0 unspecified atom stereocenters. The zero-order chi connectivity index (χ0) is 9.14. The number of carboxylic acids is 1. The van der Waals surface area contributed by atoms with Crippen LogP contribution in [-0.4, -0.2) is 53.4 Å². The summed E-state index contributed by atoms with van der Waals surface area (Å²) in [5.41, 5.74) is 1.12. The third-order valence-electron chi connectivity index (χ3n) is 1.67. The fourth-order valence-electron chi connectivity index (χ4n) is 0.998. The van der Waals surface area contributed by atoms with Crippen molar-refractivity contribution >= 4 is 43.7 Å². The molecule has 0 bridgehead atoms. The first kappa shape index (κ1) is 12.5. The van der Waals surface area contributed by atoms with Crippen molar-refractivity contribution in [2.24, 2.45) is 7.05 Å². The van der Waals surface area contributed by atoms with Crippen molar-refractivity contribution in [3.05, 3.63) is 23.5 Å². The quantitative estimate of drug-likeness (QED) is 0.670. The molecule has 66 valence electrons. The summed E-state index contributed by atoms with van der Waals surface area (Å²) in [6.07, 6.45) is -0.0435. The van der Waals surface area contributed by atoms with E-state index in [1.807, 2.05) is 6.07 Å². The summed E-state index contributed by atoms with van der Waals surface area (Å²) in [5, 5.41) is 17.0. The van der Waals surface area contributed by atoms with Crippen molar-refractivity contribution in [2.75, 3.05) is 0 Å². The van der Waals surface area contributed by atoms with E-state index in [0.717, 1.165) is 0 Å². The molecule has 0 fully saturated rings. The average Bonchev–Trinajstić information content (AvgIpc) is 2.32. The van der Waals surface area contributed by atoms with Crippen LogP contribution in [0.2, 0.25) is 0 Å². The average molecular weight is 206 g/mol. The summed E-state index contributed by atoms with van der Waals surface area (Å²) in [4.78, 5) is 10.3. The van der Waals surface area contributed by atoms with Gasteiger partial charge in [-0.2, -0.15) is 5.26 Å². The zero-order valence-electron chi connectivity index (χ0n) is 6.61. The SMILES string of the molecule is Cn1c(C#N)ccc1CC(=O)O.[CaH2]. The van der Waals surface area contributed by atoms with E-state index in [0.29, 0.717) is 11.4 Å². The molecule has 0 aromatic carbocycles. The molecule has 0 atom stereocenters. The molecular formula is C8H10CaN2O2. The second-order valence-electron chi connectivity index (χ2n) is 2.45. The second-order valence-corrected chi connectivity index (χ2v) is 2.45. The number of carbonyl (C=O) groups is 1. The van der Waals surface area contributed by atoms with Crippen LogP contribution in [0, 0.1) is 11.3 Å². The molecular weight excluding hydrogens is 196 g/mol. The van der Waals surface area contributed by atoms with Crippen LogP contribution < -0.4 is 0 Å². The normalized spacial score (nSPS) is 8.62. The molecule has 0 aliphatic carbocycles. The first-order valence-corrected chi connectivity index (χ1v) is 3.41. The Morgan fingerprint density at radius 1 is 1.69 bits per heavy atom. The molecule has 1 rings (SSSR count). The van der Waals surface area contributed by atoms with E-state index < -0.39 is 5.97 Å². The number of carboxylic acid groups (broad SMARTS) is 1. The van der Waals surface area contributed by atoms with Gasteiger partial charge >= 0.3 is 43.7 Å². The topological polar surface area (TPSA) is 66.0 Å². The van der Waals surface area contributed by atoms with E-state index in [2.05, 4.69) is 0 Å². The van der Waals surface area contributed by atoms with Gasteiger partial charge in [0.2, 0.25) is 0 Å². The standard InChI is InChI=1S/C8H8N2O2.Ca.2H/c1-10-6(4-8(11)12)2-3-7(10)5-9;;;/h2-3H,4H2,1H3,(H,11,12);;;. The van der Waals surface area contributed by atoms with E-state index >= 15 is 0 Å². The Kier molecular flexibility index (Phi) is 5.07. The minimum absolute atomic E-state index is 0. The summed E-state index contributed by atoms with van der Waals surface area (Å²) in [7, 11) is 1.68. The van der Waals surface area contributed by atoms with Gasteiger partial charge in [0.1, 0.15) is 11.8 Å². The molecule has 4 nitrogen and oxygen atoms in total. The molecule has 13 heavy (non-hydrogen) atoms. The zero-order valence-corrected chi connectivity index (χ0v) is 6.61. The van der Waals surface area contributed by atoms with Crippen LogP contribution in [0.1, 0.15) is 11.4 Å². The van der Waals surface area contributed by atoms with Crippen molar-refractivity contribution in [1.82, 2.24) is 4.57 Å². The fourth-order valence-corrected chi connectivity index (χ4v) is 0.998. The minimum atomic E-state index is -0.888. The molecule has 0 saturated carbocycles. The van der Waals surface area contributed by atoms with Crippen LogP contribution in [0.25, 0.3) is 0 Å². The molecule has 1 aromatic heterocycles. The molecule has 0 amide bonds. The van der Waals surface area contributed by atoms with Gasteiger partial charge in [0.15, 0.2) is 0 Å². The third kappa shape index (κ3) is 3.03. The number of aliphatic carboxylic acids is 1. The van der Waals surface area contributed by atoms with Crippen LogP contribution in [0.15, 0.2) is 12.1 Å². The molecule has 1 N–H and O–H groups in total. The van der Waals surface area contributed by atoms with Gasteiger partial charge in [-0.25, -0.2) is 0 Å². The monoisotopic (exact) mass is 206 g/mol. The van der Waals surface area contributed by atoms with Gasteiger partial charge in [-0.05, 0) is 12.1 Å². The molecule has 5 heteroatoms. The predicted molar refractivity (Wildman–Crippen MR) is 50.0 cm³/mol. The van der Waals surface area contributed by atoms with Crippen LogP contribution in [0.3, 0.4) is 0 Å². The second kappa shape index (κ2) is 5.28. The maximum atomic E-state index is 10.3. The Hall–Kier alpha value is -0.500. The number of nitrogens with zero attached hydrogens (tertiary/aromatic N) is 2. The summed E-state index contributed by atoms with van der Waals surface area (Å²) >= 11 is 0. The van der Waals surface area contributed by atoms with E-state index in [4.69, 9.17) is 10.4 Å². The number of rotatable bonds is 2. The third-order valence-corrected chi connectivity index (χ3v) is 1.67. The number of aromatic nitrogens is 1. The van der Waals surface area contributed by atoms with Crippen LogP contribution in [0.4, 0.5) is 0 Å². The van der Waals surface area contributed by atoms with E-state index in [1.165, 1.54) is 0 Å². The van der Waals surface area contributed by atoms with Gasteiger partial charge in [0, 0.05) is 12.7 Å². The van der Waals surface area contributed by atoms with Crippen LogP contribution in [0.5, 0.6) is 0 Å². The first-order chi connectivity index (χ1) is 5.65. The Bertz CT molecular complexity index is 352. The predicted octanol–water partition coefficient (Wildman–Crippen LogP) is -0.392. The Labute approximate surface area is 106 Å². The van der Waals surface area contributed by atoms with E-state index in [9.17, 15) is 4.79 Å². The van der Waals surface area contributed by atoms with Crippen molar-refractivity contribution < 1.29 is 9.90 Å². The summed E-state index contributed by atoms with van der Waals surface area (Å²) in [5.74, 6) is -0.888. The van der Waals surface area contributed by atoms with Crippen LogP contribution >= 0.6 is 0 Å². The molecule has 0 aliphatic rings. The molecule has 1 heterocycles. The van der Waals surface area contributed by atoms with Crippen LogP contribution in [-0.2, 0) is 18.3 Å². The fraction of sp³-hybridized carbons (Fsp3) is 0.250. The van der Waals surface area contributed by atoms with Crippen molar-refractivity contribution in [1.29, 1.82) is 5.26 Å². The van der Waals surface area contributed by atoms with Gasteiger partial charge in [-0.15, -0.1) is 0 Å². The number of nitriles is 1. The molecule has 0 aliphatic heterocycles. The van der Waals surface area contributed by atoms with Crippen molar-refractivity contribution in [3.8, 4) is 6.07 Å². The molecule has 0 saturated heterocycles. The van der Waals surface area contributed by atoms with Gasteiger partial charge in [-0.3, -0.25) is 4.79 Å². The van der Waals surface area contributed by atoms with Crippen molar-refractivity contribution in [3.63, 3.8) is 0 Å². The summed E-state index contributed by atoms with van der Waals surface area (Å²) < 4.78 is 1.58. The van der Waals surface area contributed by atoms with Gasteiger partial charge in [-0.1, -0.05) is 0 Å². The molecule has 0 spiro atoms. The van der Waals surface area contributed by atoms with Crippen molar-refractivity contribution in [2.45, 2.75) is 6.42 Å². The maximum absolute atomic E-state index is 10.3. The van der Waals surface area contributed by atoms with E-state index in [1.54, 1.807) is 23.7 Å². The summed E-state index contributed by atoms with van der Waals surface area (Å²) in [6.45, 7) is 0. The Morgan fingerprint density at radius 3 is 2.69 bits per heavy atom. The molecule has 1 aromatic rings. The van der Waals surface area contributed by atoms with Gasteiger partial charge in [0.25, 0.3) is 0 Å². The Morgan fingerprint density at radius 2 is 2.31 bits per heavy atom. The molecule has 0 radical (unpaired) electrons. The first-order valence-electron chi connectivity index (χ1n) is 3.41.